The van der Waals surface area contributed by atoms with E-state index in [-0.39, 0.29) is 0 Å². The molecule has 15 heavy (non-hydrogen) atoms. The van der Waals surface area contributed by atoms with Crippen molar-refractivity contribution in [2.45, 2.75) is 37.0 Å². The standard InChI is InChI=1S/C11H15F2NS/c1-3-8(2)14-9-4-6-10(7-5-9)15-11(12)13/h4-8,11,14H,3H2,1-2H3. The van der Waals surface area contributed by atoms with Crippen molar-refractivity contribution in [1.82, 2.24) is 0 Å². The summed E-state index contributed by atoms with van der Waals surface area (Å²) in [4.78, 5) is 0.597. The van der Waals surface area contributed by atoms with Crippen LogP contribution in [0.15, 0.2) is 29.2 Å². The smallest absolute Gasteiger partial charge is 0.288 e. The Labute approximate surface area is 93.3 Å². The van der Waals surface area contributed by atoms with Crippen molar-refractivity contribution in [3.8, 4) is 0 Å². The van der Waals surface area contributed by atoms with Gasteiger partial charge in [0.25, 0.3) is 5.76 Å². The normalized spacial score (nSPS) is 12.9. The van der Waals surface area contributed by atoms with Gasteiger partial charge >= 0.3 is 0 Å². The second kappa shape index (κ2) is 5.95. The van der Waals surface area contributed by atoms with Gasteiger partial charge in [-0.2, -0.15) is 8.78 Å². The molecule has 0 saturated heterocycles. The van der Waals surface area contributed by atoms with Gasteiger partial charge in [-0.25, -0.2) is 0 Å². The molecule has 84 valence electrons. The molecule has 4 heteroatoms. The number of halogens is 2. The molecule has 1 rings (SSSR count). The van der Waals surface area contributed by atoms with Gasteiger partial charge in [0.15, 0.2) is 0 Å². The highest BCUT2D eigenvalue weighted by atomic mass is 32.2. The van der Waals surface area contributed by atoms with Gasteiger partial charge in [-0.3, -0.25) is 0 Å². The predicted molar refractivity (Wildman–Crippen MR) is 61.7 cm³/mol. The van der Waals surface area contributed by atoms with Gasteiger partial charge in [-0.05, 0) is 37.6 Å². The van der Waals surface area contributed by atoms with Crippen LogP contribution in [-0.2, 0) is 0 Å². The van der Waals surface area contributed by atoms with Gasteiger partial charge in [0.05, 0.1) is 0 Å². The Bertz CT molecular complexity index is 287. The fourth-order valence-corrected chi connectivity index (χ4v) is 1.62. The van der Waals surface area contributed by atoms with Crippen LogP contribution in [0.5, 0.6) is 0 Å². The van der Waals surface area contributed by atoms with E-state index in [0.717, 1.165) is 12.1 Å². The number of anilines is 1. The van der Waals surface area contributed by atoms with Gasteiger partial charge in [0.1, 0.15) is 0 Å². The molecule has 0 aromatic heterocycles. The molecule has 1 nitrogen and oxygen atoms in total. The van der Waals surface area contributed by atoms with Gasteiger partial charge < -0.3 is 5.32 Å². The molecule has 1 aromatic rings. The molecule has 0 saturated carbocycles. The van der Waals surface area contributed by atoms with Crippen molar-refractivity contribution in [2.75, 3.05) is 5.32 Å². The second-order valence-electron chi connectivity index (χ2n) is 3.36. The van der Waals surface area contributed by atoms with Crippen molar-refractivity contribution in [3.05, 3.63) is 24.3 Å². The molecule has 0 aliphatic heterocycles. The average molecular weight is 231 g/mol. The lowest BCUT2D eigenvalue weighted by molar-refractivity contribution is 0.252. The third-order valence-electron chi connectivity index (χ3n) is 2.10. The second-order valence-corrected chi connectivity index (χ2v) is 4.42. The molecule has 0 aliphatic carbocycles. The topological polar surface area (TPSA) is 12.0 Å². The van der Waals surface area contributed by atoms with Gasteiger partial charge in [0.2, 0.25) is 0 Å². The minimum atomic E-state index is -2.35. The monoisotopic (exact) mass is 231 g/mol. The van der Waals surface area contributed by atoms with Crippen LogP contribution in [-0.4, -0.2) is 11.8 Å². The third-order valence-corrected chi connectivity index (χ3v) is 2.83. The minimum Gasteiger partial charge on any atom is -0.383 e. The molecule has 1 N–H and O–H groups in total. The van der Waals surface area contributed by atoms with Crippen LogP contribution >= 0.6 is 11.8 Å². The first-order valence-corrected chi connectivity index (χ1v) is 5.81. The van der Waals surface area contributed by atoms with E-state index >= 15 is 0 Å². The molecular formula is C11H15F2NS. The summed E-state index contributed by atoms with van der Waals surface area (Å²) in [5.41, 5.74) is 0.975. The van der Waals surface area contributed by atoms with Crippen LogP contribution in [0.1, 0.15) is 20.3 Å². The van der Waals surface area contributed by atoms with Gasteiger partial charge in [-0.1, -0.05) is 18.7 Å². The Hall–Kier alpha value is -0.770. The van der Waals surface area contributed by atoms with E-state index in [2.05, 4.69) is 19.2 Å². The lowest BCUT2D eigenvalue weighted by Gasteiger charge is -2.13. The summed E-state index contributed by atoms with van der Waals surface area (Å²) in [7, 11) is 0. The van der Waals surface area contributed by atoms with Crippen molar-refractivity contribution in [1.29, 1.82) is 0 Å². The zero-order chi connectivity index (χ0) is 11.3. The number of rotatable bonds is 5. The van der Waals surface area contributed by atoms with Crippen molar-refractivity contribution < 1.29 is 8.78 Å². The van der Waals surface area contributed by atoms with E-state index < -0.39 is 5.76 Å². The molecule has 0 bridgehead atoms. The van der Waals surface area contributed by atoms with Crippen LogP contribution in [0.3, 0.4) is 0 Å². The summed E-state index contributed by atoms with van der Waals surface area (Å²) in [5.74, 6) is -2.35. The lowest BCUT2D eigenvalue weighted by Crippen LogP contribution is -2.12. The zero-order valence-electron chi connectivity index (χ0n) is 8.84. The van der Waals surface area contributed by atoms with E-state index in [4.69, 9.17) is 0 Å². The molecule has 0 aliphatic rings. The minimum absolute atomic E-state index is 0.401. The molecule has 0 amide bonds. The fraction of sp³-hybridized carbons (Fsp3) is 0.455. The van der Waals surface area contributed by atoms with E-state index in [1.807, 2.05) is 12.1 Å². The van der Waals surface area contributed by atoms with Gasteiger partial charge in [0, 0.05) is 16.6 Å². The van der Waals surface area contributed by atoms with Gasteiger partial charge in [-0.15, -0.1) is 0 Å². The summed E-state index contributed by atoms with van der Waals surface area (Å²) in [6.45, 7) is 4.18. The molecule has 0 fully saturated rings. The largest absolute Gasteiger partial charge is 0.383 e. The van der Waals surface area contributed by atoms with E-state index in [0.29, 0.717) is 22.7 Å². The summed E-state index contributed by atoms with van der Waals surface area (Å²) in [6, 6.07) is 7.48. The number of hydrogen-bond acceptors (Lipinski definition) is 2. The van der Waals surface area contributed by atoms with E-state index in [1.165, 1.54) is 0 Å². The molecule has 1 aromatic carbocycles. The molecule has 0 heterocycles. The maximum atomic E-state index is 12.0. The highest BCUT2D eigenvalue weighted by Gasteiger charge is 2.05. The number of nitrogens with one attached hydrogen (secondary N) is 1. The van der Waals surface area contributed by atoms with Crippen LogP contribution in [0.25, 0.3) is 0 Å². The predicted octanol–water partition coefficient (Wildman–Crippen LogP) is 4.21. The van der Waals surface area contributed by atoms with Crippen molar-refractivity contribution >= 4 is 17.4 Å². The number of hydrogen-bond donors (Lipinski definition) is 1. The quantitative estimate of drug-likeness (QED) is 0.762. The zero-order valence-corrected chi connectivity index (χ0v) is 9.65. The first-order valence-electron chi connectivity index (χ1n) is 4.93. The molecule has 1 atom stereocenters. The first-order chi connectivity index (χ1) is 7.11. The van der Waals surface area contributed by atoms with Crippen LogP contribution < -0.4 is 5.32 Å². The van der Waals surface area contributed by atoms with Crippen LogP contribution in [0.4, 0.5) is 14.5 Å². The highest BCUT2D eigenvalue weighted by molar-refractivity contribution is 7.99. The Balaban J connectivity index is 2.56. The maximum absolute atomic E-state index is 12.0. The highest BCUT2D eigenvalue weighted by Crippen LogP contribution is 2.26. The summed E-state index contributed by atoms with van der Waals surface area (Å²) in [6.07, 6.45) is 1.04. The summed E-state index contributed by atoms with van der Waals surface area (Å²) < 4.78 is 24.1. The Morgan fingerprint density at radius 1 is 1.27 bits per heavy atom. The molecular weight excluding hydrogens is 216 g/mol. The Morgan fingerprint density at radius 3 is 2.33 bits per heavy atom. The molecule has 0 radical (unpaired) electrons. The first kappa shape index (κ1) is 12.3. The fourth-order valence-electron chi connectivity index (χ4n) is 1.12. The van der Waals surface area contributed by atoms with Crippen molar-refractivity contribution in [2.24, 2.45) is 0 Å². The number of thioether (sulfide) groups is 1. The molecule has 1 unspecified atom stereocenters. The van der Waals surface area contributed by atoms with Crippen LogP contribution in [0.2, 0.25) is 0 Å². The lowest BCUT2D eigenvalue weighted by atomic mass is 10.2. The Morgan fingerprint density at radius 2 is 1.87 bits per heavy atom. The molecule has 0 spiro atoms. The number of benzene rings is 1. The van der Waals surface area contributed by atoms with Crippen LogP contribution in [0, 0.1) is 0 Å². The maximum Gasteiger partial charge on any atom is 0.288 e. The van der Waals surface area contributed by atoms with Crippen molar-refractivity contribution in [3.63, 3.8) is 0 Å². The average Bonchev–Trinajstić information content (AvgIpc) is 2.20. The Kier molecular flexibility index (Phi) is 4.88. The van der Waals surface area contributed by atoms with E-state index in [9.17, 15) is 8.78 Å². The summed E-state index contributed by atoms with van der Waals surface area (Å²) >= 11 is 0.571. The SMILES string of the molecule is CCC(C)Nc1ccc(SC(F)F)cc1. The summed E-state index contributed by atoms with van der Waals surface area (Å²) in [5, 5.41) is 3.28. The third kappa shape index (κ3) is 4.51. The number of alkyl halides is 2. The van der Waals surface area contributed by atoms with E-state index in [1.54, 1.807) is 12.1 Å².